The fourth-order valence-electron chi connectivity index (χ4n) is 4.43. The lowest BCUT2D eigenvalue weighted by Crippen LogP contribution is -2.40. The molecule has 1 saturated heterocycles. The Kier molecular flexibility index (Phi) is 7.93. The van der Waals surface area contributed by atoms with Gasteiger partial charge in [0.2, 0.25) is 17.8 Å². The summed E-state index contributed by atoms with van der Waals surface area (Å²) in [5.74, 6) is 1.12. The van der Waals surface area contributed by atoms with E-state index in [9.17, 15) is 4.39 Å². The summed E-state index contributed by atoms with van der Waals surface area (Å²) in [6.07, 6.45) is 11.9. The fraction of sp³-hybridized carbons (Fsp3) is 0.542. The smallest absolute Gasteiger partial charge is 0.233 e. The summed E-state index contributed by atoms with van der Waals surface area (Å²) in [4.78, 5) is 13.8. The van der Waals surface area contributed by atoms with Crippen LogP contribution in [-0.4, -0.2) is 46.7 Å². The second kappa shape index (κ2) is 11.3. The maximum absolute atomic E-state index is 14.2. The largest absolute Gasteiger partial charge is 0.494 e. The minimum Gasteiger partial charge on any atom is -0.494 e. The number of hydrogen-bond acceptors (Lipinski definition) is 8. The molecule has 2 heterocycles. The van der Waals surface area contributed by atoms with Gasteiger partial charge in [-0.1, -0.05) is 19.1 Å². The first-order valence-electron chi connectivity index (χ1n) is 11.9. The van der Waals surface area contributed by atoms with Gasteiger partial charge in [0.15, 0.2) is 11.6 Å². The number of anilines is 4. The molecule has 2 aliphatic rings. The number of nitrogens with zero attached hydrogens (tertiary/aromatic N) is 3. The normalized spacial score (nSPS) is 21.3. The van der Waals surface area contributed by atoms with Crippen molar-refractivity contribution in [3.63, 3.8) is 0 Å². The third-order valence-electron chi connectivity index (χ3n) is 6.23. The van der Waals surface area contributed by atoms with E-state index in [2.05, 4.69) is 55.3 Å². The number of allylic oxidation sites excluding steroid dienone is 1. The van der Waals surface area contributed by atoms with Crippen LogP contribution in [0.4, 0.5) is 27.9 Å². The second-order valence-corrected chi connectivity index (χ2v) is 8.62. The number of methoxy groups -OCH3 is 1. The second-order valence-electron chi connectivity index (χ2n) is 8.62. The molecule has 1 aromatic carbocycles. The van der Waals surface area contributed by atoms with Crippen molar-refractivity contribution in [3.05, 3.63) is 36.2 Å². The summed E-state index contributed by atoms with van der Waals surface area (Å²) in [5, 5.41) is 13.7. The van der Waals surface area contributed by atoms with Crippen molar-refractivity contribution in [1.82, 2.24) is 20.3 Å². The Morgan fingerprint density at radius 3 is 2.73 bits per heavy atom. The van der Waals surface area contributed by atoms with Crippen molar-refractivity contribution in [2.75, 3.05) is 29.6 Å². The van der Waals surface area contributed by atoms with Gasteiger partial charge in [-0.15, -0.1) is 0 Å². The van der Waals surface area contributed by atoms with Gasteiger partial charge in [-0.2, -0.15) is 15.0 Å². The van der Waals surface area contributed by atoms with Gasteiger partial charge in [-0.25, -0.2) is 4.39 Å². The summed E-state index contributed by atoms with van der Waals surface area (Å²) >= 11 is 0. The first-order valence-corrected chi connectivity index (χ1v) is 11.9. The average Bonchev–Trinajstić information content (AvgIpc) is 3.22. The minimum atomic E-state index is -0.447. The average molecular weight is 456 g/mol. The molecule has 3 unspecified atom stereocenters. The Balaban J connectivity index is 1.57. The van der Waals surface area contributed by atoms with Crippen LogP contribution in [0.3, 0.4) is 0 Å². The lowest BCUT2D eigenvalue weighted by Gasteiger charge is -2.24. The van der Waals surface area contributed by atoms with Gasteiger partial charge in [0.05, 0.1) is 7.11 Å². The van der Waals surface area contributed by atoms with E-state index in [0.717, 1.165) is 45.1 Å². The monoisotopic (exact) mass is 455 g/mol. The highest BCUT2D eigenvalue weighted by Gasteiger charge is 2.24. The van der Waals surface area contributed by atoms with Crippen LogP contribution in [0.25, 0.3) is 0 Å². The van der Waals surface area contributed by atoms with Gasteiger partial charge in [0.25, 0.3) is 0 Å². The molecule has 1 aliphatic carbocycles. The maximum Gasteiger partial charge on any atom is 0.233 e. The number of rotatable bonds is 9. The molecular formula is C24H34FN7O. The summed E-state index contributed by atoms with van der Waals surface area (Å²) in [5.41, 5.74) is 0.540. The van der Waals surface area contributed by atoms with Crippen molar-refractivity contribution in [3.8, 4) is 5.75 Å². The van der Waals surface area contributed by atoms with Crippen LogP contribution in [0.2, 0.25) is 0 Å². The predicted molar refractivity (Wildman–Crippen MR) is 130 cm³/mol. The lowest BCUT2D eigenvalue weighted by atomic mass is 10.0. The van der Waals surface area contributed by atoms with Gasteiger partial charge in [-0.3, -0.25) is 0 Å². The fourth-order valence-corrected chi connectivity index (χ4v) is 4.43. The van der Waals surface area contributed by atoms with E-state index in [1.165, 1.54) is 19.6 Å². The van der Waals surface area contributed by atoms with Crippen LogP contribution < -0.4 is 26.0 Å². The third-order valence-corrected chi connectivity index (χ3v) is 6.23. The molecule has 1 aliphatic heterocycles. The minimum absolute atomic E-state index is 0.192. The predicted octanol–water partition coefficient (Wildman–Crippen LogP) is 4.62. The Labute approximate surface area is 194 Å². The van der Waals surface area contributed by atoms with E-state index in [0.29, 0.717) is 29.6 Å². The summed E-state index contributed by atoms with van der Waals surface area (Å²) in [6, 6.07) is 5.56. The molecule has 2 aromatic rings. The van der Waals surface area contributed by atoms with Crippen molar-refractivity contribution in [1.29, 1.82) is 0 Å². The maximum atomic E-state index is 14.2. The van der Waals surface area contributed by atoms with Gasteiger partial charge >= 0.3 is 0 Å². The van der Waals surface area contributed by atoms with E-state index in [4.69, 9.17) is 4.74 Å². The quantitative estimate of drug-likeness (QED) is 0.407. The van der Waals surface area contributed by atoms with Crippen molar-refractivity contribution < 1.29 is 9.13 Å². The van der Waals surface area contributed by atoms with Gasteiger partial charge in [-0.05, 0) is 63.6 Å². The van der Waals surface area contributed by atoms with E-state index in [1.807, 2.05) is 0 Å². The molecule has 3 atom stereocenters. The van der Waals surface area contributed by atoms with Gasteiger partial charge < -0.3 is 26.0 Å². The van der Waals surface area contributed by atoms with E-state index >= 15 is 0 Å². The molecule has 0 saturated carbocycles. The number of nitrogens with one attached hydrogen (secondary N) is 4. The summed E-state index contributed by atoms with van der Waals surface area (Å²) in [6.45, 7) is 3.20. The third kappa shape index (κ3) is 6.31. The first kappa shape index (κ1) is 23.2. The van der Waals surface area contributed by atoms with Crippen LogP contribution in [0, 0.1) is 5.82 Å². The van der Waals surface area contributed by atoms with E-state index in [-0.39, 0.29) is 17.8 Å². The molecule has 0 radical (unpaired) electrons. The van der Waals surface area contributed by atoms with Crippen molar-refractivity contribution in [2.24, 2.45) is 0 Å². The Morgan fingerprint density at radius 2 is 1.97 bits per heavy atom. The number of halogens is 1. The highest BCUT2D eigenvalue weighted by atomic mass is 19.1. The molecule has 8 nitrogen and oxygen atoms in total. The Morgan fingerprint density at radius 1 is 1.12 bits per heavy atom. The molecule has 33 heavy (non-hydrogen) atoms. The molecule has 0 spiro atoms. The zero-order chi connectivity index (χ0) is 23.0. The molecule has 1 fully saturated rings. The summed E-state index contributed by atoms with van der Waals surface area (Å²) < 4.78 is 19.2. The van der Waals surface area contributed by atoms with Gasteiger partial charge in [0.1, 0.15) is 0 Å². The SMILES string of the molecule is CCC(Nc1nc(Nc2ccc(OC)c(F)c2)nc(NC2CC=CCCC2)n1)C1CCCN1. The lowest BCUT2D eigenvalue weighted by molar-refractivity contribution is 0.386. The zero-order valence-corrected chi connectivity index (χ0v) is 19.4. The van der Waals surface area contributed by atoms with Crippen LogP contribution in [-0.2, 0) is 0 Å². The van der Waals surface area contributed by atoms with Crippen LogP contribution in [0.1, 0.15) is 51.9 Å². The molecule has 4 rings (SSSR count). The highest BCUT2D eigenvalue weighted by Crippen LogP contribution is 2.24. The highest BCUT2D eigenvalue weighted by molar-refractivity contribution is 5.57. The standard InChI is InChI=1S/C24H34FN7O/c1-3-19(20-11-8-14-26-20)29-24-31-22(27-16-9-6-4-5-7-10-16)30-23(32-24)28-17-12-13-21(33-2)18(25)15-17/h4,6,12-13,15-16,19-20,26H,3,5,7-11,14H2,1-2H3,(H3,27,28,29,30,31,32). The molecule has 178 valence electrons. The number of hydrogen-bond donors (Lipinski definition) is 4. The summed E-state index contributed by atoms with van der Waals surface area (Å²) in [7, 11) is 1.44. The molecule has 9 heteroatoms. The molecule has 1 aromatic heterocycles. The van der Waals surface area contributed by atoms with E-state index in [1.54, 1.807) is 12.1 Å². The van der Waals surface area contributed by atoms with Crippen molar-refractivity contribution in [2.45, 2.75) is 70.0 Å². The number of aromatic nitrogens is 3. The molecule has 0 bridgehead atoms. The van der Waals surface area contributed by atoms with E-state index < -0.39 is 5.82 Å². The Hall–Kier alpha value is -2.94. The first-order chi connectivity index (χ1) is 16.1. The number of ether oxygens (including phenoxy) is 1. The van der Waals surface area contributed by atoms with Crippen LogP contribution in [0.15, 0.2) is 30.4 Å². The topological polar surface area (TPSA) is 96.0 Å². The zero-order valence-electron chi connectivity index (χ0n) is 19.4. The van der Waals surface area contributed by atoms with Crippen molar-refractivity contribution >= 4 is 23.5 Å². The molecule has 0 amide bonds. The Bertz CT molecular complexity index is 948. The molecular weight excluding hydrogens is 421 g/mol. The number of benzene rings is 1. The van der Waals surface area contributed by atoms with Gasteiger partial charge in [0, 0.05) is 29.9 Å². The van der Waals surface area contributed by atoms with Crippen LogP contribution >= 0.6 is 0 Å². The van der Waals surface area contributed by atoms with Crippen LogP contribution in [0.5, 0.6) is 5.75 Å². The molecule has 4 N–H and O–H groups in total.